The lowest BCUT2D eigenvalue weighted by Gasteiger charge is -2.26. The molecule has 1 fully saturated rings. The summed E-state index contributed by atoms with van der Waals surface area (Å²) in [5.41, 5.74) is 1.70. The average Bonchev–Trinajstić information content (AvgIpc) is 2.98. The van der Waals surface area contributed by atoms with Crippen molar-refractivity contribution in [3.05, 3.63) is 24.4 Å². The maximum absolute atomic E-state index is 12.2. The molecule has 1 aromatic heterocycles. The molecule has 0 radical (unpaired) electrons. The number of hydrogen-bond acceptors (Lipinski definition) is 3. The summed E-state index contributed by atoms with van der Waals surface area (Å²) in [5.74, 6) is -1.02. The van der Waals surface area contributed by atoms with E-state index in [1.54, 1.807) is 0 Å². The van der Waals surface area contributed by atoms with Crippen LogP contribution >= 0.6 is 0 Å². The van der Waals surface area contributed by atoms with E-state index < -0.39 is 5.97 Å². The molecule has 1 aliphatic rings. The van der Waals surface area contributed by atoms with Gasteiger partial charge in [0, 0.05) is 23.2 Å². The molecule has 1 heterocycles. The first-order valence-corrected chi connectivity index (χ1v) is 8.71. The van der Waals surface area contributed by atoms with Gasteiger partial charge in [-0.1, -0.05) is 0 Å². The number of fused-ring (bicyclic) bond motifs is 1. The van der Waals surface area contributed by atoms with Crippen LogP contribution in [0.1, 0.15) is 45.6 Å². The SMILES string of the molecule is CC(C)n1ncc2ccc(NC(=O)NC3CCC(C(=O)O)CC3)cc21. The number of hydrogen-bond donors (Lipinski definition) is 3. The molecule has 3 rings (SSSR count). The average molecular weight is 344 g/mol. The quantitative estimate of drug-likeness (QED) is 0.792. The van der Waals surface area contributed by atoms with Crippen LogP contribution in [0.5, 0.6) is 0 Å². The number of carbonyl (C=O) groups is 2. The number of carbonyl (C=O) groups excluding carboxylic acids is 1. The third-order valence-electron chi connectivity index (χ3n) is 4.76. The van der Waals surface area contributed by atoms with E-state index >= 15 is 0 Å². The van der Waals surface area contributed by atoms with Crippen molar-refractivity contribution in [2.24, 2.45) is 5.92 Å². The molecule has 1 aliphatic carbocycles. The van der Waals surface area contributed by atoms with E-state index in [1.807, 2.05) is 29.1 Å². The zero-order chi connectivity index (χ0) is 18.0. The second kappa shape index (κ2) is 7.13. The number of anilines is 1. The van der Waals surface area contributed by atoms with E-state index in [9.17, 15) is 9.59 Å². The smallest absolute Gasteiger partial charge is 0.319 e. The minimum absolute atomic E-state index is 0.0283. The molecule has 2 aromatic rings. The molecule has 25 heavy (non-hydrogen) atoms. The number of carboxylic acids is 1. The molecular weight excluding hydrogens is 320 g/mol. The first-order valence-electron chi connectivity index (χ1n) is 8.71. The largest absolute Gasteiger partial charge is 0.481 e. The molecule has 0 saturated heterocycles. The standard InChI is InChI=1S/C18H24N4O3/c1-11(2)22-16-9-15(8-5-13(16)10-19-22)21-18(25)20-14-6-3-12(4-7-14)17(23)24/h5,8-12,14H,3-4,6-7H2,1-2H3,(H,23,24)(H2,20,21,25). The van der Waals surface area contributed by atoms with Gasteiger partial charge in [0.1, 0.15) is 0 Å². The third kappa shape index (κ3) is 3.92. The van der Waals surface area contributed by atoms with Gasteiger partial charge in [-0.25, -0.2) is 4.79 Å². The number of aliphatic carboxylic acids is 1. The zero-order valence-corrected chi connectivity index (χ0v) is 14.5. The molecule has 0 atom stereocenters. The van der Waals surface area contributed by atoms with Crippen molar-refractivity contribution < 1.29 is 14.7 Å². The molecule has 1 saturated carbocycles. The molecule has 3 N–H and O–H groups in total. The highest BCUT2D eigenvalue weighted by atomic mass is 16.4. The number of aromatic nitrogens is 2. The van der Waals surface area contributed by atoms with Crippen LogP contribution in [0.2, 0.25) is 0 Å². The lowest BCUT2D eigenvalue weighted by atomic mass is 9.86. The molecule has 0 unspecified atom stereocenters. The van der Waals surface area contributed by atoms with Crippen molar-refractivity contribution in [2.45, 2.75) is 51.6 Å². The highest BCUT2D eigenvalue weighted by Gasteiger charge is 2.26. The van der Waals surface area contributed by atoms with Crippen LogP contribution in [0, 0.1) is 5.92 Å². The minimum Gasteiger partial charge on any atom is -0.481 e. The van der Waals surface area contributed by atoms with Crippen LogP contribution < -0.4 is 10.6 Å². The summed E-state index contributed by atoms with van der Waals surface area (Å²) in [5, 5.41) is 20.2. The van der Waals surface area contributed by atoms with Crippen molar-refractivity contribution in [1.29, 1.82) is 0 Å². The molecule has 7 heteroatoms. The Morgan fingerprint density at radius 3 is 2.60 bits per heavy atom. The summed E-state index contributed by atoms with van der Waals surface area (Å²) in [7, 11) is 0. The van der Waals surface area contributed by atoms with Crippen molar-refractivity contribution >= 4 is 28.6 Å². The van der Waals surface area contributed by atoms with Gasteiger partial charge < -0.3 is 15.7 Å². The number of nitrogens with one attached hydrogen (secondary N) is 2. The van der Waals surface area contributed by atoms with Crippen LogP contribution in [-0.4, -0.2) is 32.9 Å². The highest BCUT2D eigenvalue weighted by molar-refractivity contribution is 5.92. The summed E-state index contributed by atoms with van der Waals surface area (Å²) in [6, 6.07) is 5.73. The summed E-state index contributed by atoms with van der Waals surface area (Å²) < 4.78 is 1.92. The molecule has 0 aliphatic heterocycles. The van der Waals surface area contributed by atoms with Crippen molar-refractivity contribution in [1.82, 2.24) is 15.1 Å². The van der Waals surface area contributed by atoms with Crippen LogP contribution in [0.15, 0.2) is 24.4 Å². The van der Waals surface area contributed by atoms with E-state index in [4.69, 9.17) is 5.11 Å². The topological polar surface area (TPSA) is 96.3 Å². The Hall–Kier alpha value is -2.57. The van der Waals surface area contributed by atoms with E-state index in [1.165, 1.54) is 0 Å². The molecule has 0 spiro atoms. The Labute approximate surface area is 146 Å². The first kappa shape index (κ1) is 17.3. The lowest BCUT2D eigenvalue weighted by molar-refractivity contribution is -0.142. The van der Waals surface area contributed by atoms with Gasteiger partial charge in [-0.05, 0) is 57.7 Å². The Balaban J connectivity index is 1.60. The summed E-state index contributed by atoms with van der Waals surface area (Å²) >= 11 is 0. The van der Waals surface area contributed by atoms with Crippen LogP contribution in [0.4, 0.5) is 10.5 Å². The van der Waals surface area contributed by atoms with Gasteiger partial charge in [0.25, 0.3) is 0 Å². The molecule has 1 aromatic carbocycles. The normalized spacial score (nSPS) is 20.6. The summed E-state index contributed by atoms with van der Waals surface area (Å²) in [6.07, 6.45) is 4.44. The van der Waals surface area contributed by atoms with Gasteiger partial charge in [-0.2, -0.15) is 5.10 Å². The maximum Gasteiger partial charge on any atom is 0.319 e. The first-order chi connectivity index (χ1) is 11.9. The van der Waals surface area contributed by atoms with Gasteiger partial charge in [0.2, 0.25) is 0 Å². The molecule has 134 valence electrons. The Morgan fingerprint density at radius 2 is 1.96 bits per heavy atom. The number of urea groups is 1. The number of benzene rings is 1. The predicted octanol–water partition coefficient (Wildman–Crippen LogP) is 3.38. The van der Waals surface area contributed by atoms with Gasteiger partial charge >= 0.3 is 12.0 Å². The fraction of sp³-hybridized carbons (Fsp3) is 0.500. The second-order valence-corrected chi connectivity index (χ2v) is 6.94. The number of rotatable bonds is 4. The Morgan fingerprint density at radius 1 is 1.24 bits per heavy atom. The third-order valence-corrected chi connectivity index (χ3v) is 4.76. The fourth-order valence-electron chi connectivity index (χ4n) is 3.36. The number of nitrogens with zero attached hydrogens (tertiary/aromatic N) is 2. The van der Waals surface area contributed by atoms with E-state index in [0.717, 1.165) is 10.9 Å². The van der Waals surface area contributed by atoms with Crippen molar-refractivity contribution in [3.8, 4) is 0 Å². The molecule has 7 nitrogen and oxygen atoms in total. The maximum atomic E-state index is 12.2. The summed E-state index contributed by atoms with van der Waals surface area (Å²) in [6.45, 7) is 4.12. The van der Waals surface area contributed by atoms with Gasteiger partial charge in [-0.15, -0.1) is 0 Å². The Kier molecular flexibility index (Phi) is 4.92. The lowest BCUT2D eigenvalue weighted by Crippen LogP contribution is -2.40. The van der Waals surface area contributed by atoms with Crippen molar-refractivity contribution in [3.63, 3.8) is 0 Å². The van der Waals surface area contributed by atoms with Crippen LogP contribution in [-0.2, 0) is 4.79 Å². The summed E-state index contributed by atoms with van der Waals surface area (Å²) in [4.78, 5) is 23.2. The molecular formula is C18H24N4O3. The molecule has 2 amide bonds. The fourth-order valence-corrected chi connectivity index (χ4v) is 3.36. The highest BCUT2D eigenvalue weighted by Crippen LogP contribution is 2.25. The molecule has 0 bridgehead atoms. The van der Waals surface area contributed by atoms with Crippen molar-refractivity contribution in [2.75, 3.05) is 5.32 Å². The number of amides is 2. The van der Waals surface area contributed by atoms with E-state index in [-0.39, 0.29) is 24.0 Å². The van der Waals surface area contributed by atoms with E-state index in [0.29, 0.717) is 31.4 Å². The predicted molar refractivity (Wildman–Crippen MR) is 95.7 cm³/mol. The van der Waals surface area contributed by atoms with Gasteiger partial charge in [0.15, 0.2) is 0 Å². The van der Waals surface area contributed by atoms with Gasteiger partial charge in [0.05, 0.1) is 17.6 Å². The number of carboxylic acid groups (broad SMARTS) is 1. The van der Waals surface area contributed by atoms with Crippen LogP contribution in [0.3, 0.4) is 0 Å². The van der Waals surface area contributed by atoms with Gasteiger partial charge in [-0.3, -0.25) is 9.48 Å². The van der Waals surface area contributed by atoms with E-state index in [2.05, 4.69) is 29.6 Å². The zero-order valence-electron chi connectivity index (χ0n) is 14.5. The monoisotopic (exact) mass is 344 g/mol. The minimum atomic E-state index is -0.738. The second-order valence-electron chi connectivity index (χ2n) is 6.94. The Bertz CT molecular complexity index is 776. The van der Waals surface area contributed by atoms with Crippen LogP contribution in [0.25, 0.3) is 10.9 Å².